The van der Waals surface area contributed by atoms with Crippen molar-refractivity contribution in [2.75, 3.05) is 19.6 Å². The molecular weight excluding hydrogens is 385 g/mol. The first-order chi connectivity index (χ1) is 14.4. The molecule has 2 atom stereocenters. The lowest BCUT2D eigenvalue weighted by Gasteiger charge is -2.35. The van der Waals surface area contributed by atoms with E-state index in [-0.39, 0.29) is 30.0 Å². The number of carbonyl (C=O) groups is 2. The fourth-order valence-electron chi connectivity index (χ4n) is 3.55. The van der Waals surface area contributed by atoms with Crippen LogP contribution in [0.25, 0.3) is 0 Å². The highest BCUT2D eigenvalue weighted by atomic mass is 19.1. The number of ether oxygens (including phenoxy) is 1. The second kappa shape index (κ2) is 10.2. The fourth-order valence-corrected chi connectivity index (χ4v) is 3.55. The summed E-state index contributed by atoms with van der Waals surface area (Å²) in [5.41, 5.74) is 2.36. The number of halogens is 1. The minimum atomic E-state index is -0.289. The van der Waals surface area contributed by atoms with Gasteiger partial charge in [-0.25, -0.2) is 9.18 Å². The van der Waals surface area contributed by atoms with E-state index in [0.717, 1.165) is 11.1 Å². The molecule has 30 heavy (non-hydrogen) atoms. The van der Waals surface area contributed by atoms with E-state index < -0.39 is 0 Å². The van der Waals surface area contributed by atoms with Crippen molar-refractivity contribution in [2.45, 2.75) is 39.0 Å². The van der Waals surface area contributed by atoms with Gasteiger partial charge < -0.3 is 20.3 Å². The highest BCUT2D eigenvalue weighted by molar-refractivity contribution is 5.94. The number of nitrogens with zero attached hydrogens (tertiary/aromatic N) is 1. The Bertz CT molecular complexity index is 862. The van der Waals surface area contributed by atoms with Crippen molar-refractivity contribution in [3.05, 3.63) is 71.0 Å². The number of nitrogens with one attached hydrogen (secondary N) is 2. The smallest absolute Gasteiger partial charge is 0.315 e. The predicted octanol–water partition coefficient (Wildman–Crippen LogP) is 3.12. The van der Waals surface area contributed by atoms with Gasteiger partial charge in [0.25, 0.3) is 5.91 Å². The molecule has 3 rings (SSSR count). The molecule has 2 aromatic rings. The maximum absolute atomic E-state index is 13.2. The van der Waals surface area contributed by atoms with Crippen LogP contribution in [0.1, 0.15) is 35.3 Å². The van der Waals surface area contributed by atoms with Crippen LogP contribution in [-0.2, 0) is 17.7 Å². The molecule has 0 saturated carbocycles. The highest BCUT2D eigenvalue weighted by Gasteiger charge is 2.26. The third kappa shape index (κ3) is 6.29. The van der Waals surface area contributed by atoms with Gasteiger partial charge in [0.2, 0.25) is 0 Å². The third-order valence-corrected chi connectivity index (χ3v) is 4.95. The first kappa shape index (κ1) is 21.8. The Balaban J connectivity index is 1.42. The molecule has 7 heteroatoms. The molecule has 2 N–H and O–H groups in total. The second-order valence-electron chi connectivity index (χ2n) is 7.65. The van der Waals surface area contributed by atoms with Crippen molar-refractivity contribution in [1.29, 1.82) is 0 Å². The zero-order chi connectivity index (χ0) is 21.5. The first-order valence-electron chi connectivity index (χ1n) is 10.2. The molecule has 160 valence electrons. The largest absolute Gasteiger partial charge is 0.372 e. The predicted molar refractivity (Wildman–Crippen MR) is 113 cm³/mol. The molecular formula is C23H28FN3O3. The van der Waals surface area contributed by atoms with E-state index in [1.54, 1.807) is 18.2 Å². The van der Waals surface area contributed by atoms with Crippen LogP contribution in [0.4, 0.5) is 9.18 Å². The summed E-state index contributed by atoms with van der Waals surface area (Å²) in [6, 6.07) is 13.3. The van der Waals surface area contributed by atoms with Crippen LogP contribution in [0.5, 0.6) is 0 Å². The molecule has 0 aliphatic carbocycles. The Morgan fingerprint density at radius 1 is 1.03 bits per heavy atom. The van der Waals surface area contributed by atoms with E-state index in [9.17, 15) is 14.0 Å². The third-order valence-electron chi connectivity index (χ3n) is 4.95. The molecule has 0 spiro atoms. The highest BCUT2D eigenvalue weighted by Crippen LogP contribution is 2.15. The van der Waals surface area contributed by atoms with Crippen LogP contribution < -0.4 is 10.6 Å². The van der Waals surface area contributed by atoms with Crippen molar-refractivity contribution in [2.24, 2.45) is 0 Å². The van der Waals surface area contributed by atoms with Gasteiger partial charge in [0, 0.05) is 31.7 Å². The standard InChI is InChI=1S/C23H28FN3O3/c1-16-14-27(15-17(2)30-16)22(28)20-8-6-19(7-9-20)13-26-23(29)25-11-10-18-4-3-5-21(24)12-18/h3-9,12,16-17H,10-11,13-15H2,1-2H3,(H2,25,26,29). The zero-order valence-corrected chi connectivity index (χ0v) is 17.4. The van der Waals surface area contributed by atoms with Crippen molar-refractivity contribution in [3.63, 3.8) is 0 Å². The average Bonchev–Trinajstić information content (AvgIpc) is 2.71. The van der Waals surface area contributed by atoms with Crippen LogP contribution in [0.15, 0.2) is 48.5 Å². The monoisotopic (exact) mass is 413 g/mol. The number of rotatable bonds is 6. The van der Waals surface area contributed by atoms with E-state index in [0.29, 0.717) is 38.2 Å². The molecule has 0 aromatic heterocycles. The second-order valence-corrected chi connectivity index (χ2v) is 7.65. The molecule has 0 radical (unpaired) electrons. The van der Waals surface area contributed by atoms with Crippen molar-refractivity contribution in [3.8, 4) is 0 Å². The summed E-state index contributed by atoms with van der Waals surface area (Å²) in [6.45, 7) is 5.87. The molecule has 3 amide bonds. The lowest BCUT2D eigenvalue weighted by Crippen LogP contribution is -2.48. The van der Waals surface area contributed by atoms with Crippen LogP contribution in [0.3, 0.4) is 0 Å². The van der Waals surface area contributed by atoms with Gasteiger partial charge in [0.05, 0.1) is 12.2 Å². The number of carbonyl (C=O) groups excluding carboxylic acids is 2. The Labute approximate surface area is 176 Å². The summed E-state index contributed by atoms with van der Waals surface area (Å²) in [5, 5.41) is 5.54. The van der Waals surface area contributed by atoms with Crippen LogP contribution >= 0.6 is 0 Å². The number of morpholine rings is 1. The minimum Gasteiger partial charge on any atom is -0.372 e. The van der Waals surface area contributed by atoms with Crippen molar-refractivity contribution >= 4 is 11.9 Å². The fraction of sp³-hybridized carbons (Fsp3) is 0.391. The maximum atomic E-state index is 13.2. The van der Waals surface area contributed by atoms with Gasteiger partial charge in [-0.3, -0.25) is 4.79 Å². The number of urea groups is 1. The number of amides is 3. The van der Waals surface area contributed by atoms with Gasteiger partial charge in [0.1, 0.15) is 5.82 Å². The molecule has 1 fully saturated rings. The summed E-state index contributed by atoms with van der Waals surface area (Å²) in [4.78, 5) is 26.5. The molecule has 1 saturated heterocycles. The quantitative estimate of drug-likeness (QED) is 0.765. The van der Waals surface area contributed by atoms with E-state index in [1.807, 2.05) is 36.9 Å². The van der Waals surface area contributed by atoms with Crippen molar-refractivity contribution < 1.29 is 18.7 Å². The summed E-state index contributed by atoms with van der Waals surface area (Å²) in [5.74, 6) is -0.289. The Morgan fingerprint density at radius 2 is 1.73 bits per heavy atom. The average molecular weight is 413 g/mol. The van der Waals surface area contributed by atoms with E-state index in [1.165, 1.54) is 12.1 Å². The molecule has 0 bridgehead atoms. The molecule has 1 aliphatic rings. The van der Waals surface area contributed by atoms with Crippen LogP contribution in [0, 0.1) is 5.82 Å². The summed E-state index contributed by atoms with van der Waals surface area (Å²) < 4.78 is 18.8. The molecule has 6 nitrogen and oxygen atoms in total. The lowest BCUT2D eigenvalue weighted by atomic mass is 10.1. The van der Waals surface area contributed by atoms with E-state index >= 15 is 0 Å². The molecule has 1 heterocycles. The van der Waals surface area contributed by atoms with Gasteiger partial charge in [-0.2, -0.15) is 0 Å². The Hall–Kier alpha value is -2.93. The zero-order valence-electron chi connectivity index (χ0n) is 17.4. The minimum absolute atomic E-state index is 0.00778. The van der Waals surface area contributed by atoms with Crippen molar-refractivity contribution in [1.82, 2.24) is 15.5 Å². The lowest BCUT2D eigenvalue weighted by molar-refractivity contribution is -0.0586. The number of hydrogen-bond donors (Lipinski definition) is 2. The summed E-state index contributed by atoms with van der Waals surface area (Å²) >= 11 is 0. The van der Waals surface area contributed by atoms with Crippen LogP contribution in [0.2, 0.25) is 0 Å². The normalized spacial score (nSPS) is 18.7. The maximum Gasteiger partial charge on any atom is 0.315 e. The van der Waals surface area contributed by atoms with Gasteiger partial charge in [-0.1, -0.05) is 24.3 Å². The first-order valence-corrected chi connectivity index (χ1v) is 10.2. The number of hydrogen-bond acceptors (Lipinski definition) is 3. The molecule has 2 unspecified atom stereocenters. The van der Waals surface area contributed by atoms with Gasteiger partial charge in [-0.15, -0.1) is 0 Å². The molecule has 1 aliphatic heterocycles. The van der Waals surface area contributed by atoms with Gasteiger partial charge in [-0.05, 0) is 55.7 Å². The topological polar surface area (TPSA) is 70.7 Å². The van der Waals surface area contributed by atoms with Gasteiger partial charge >= 0.3 is 6.03 Å². The summed E-state index contributed by atoms with van der Waals surface area (Å²) in [7, 11) is 0. The SMILES string of the molecule is CC1CN(C(=O)c2ccc(CNC(=O)NCCc3cccc(F)c3)cc2)CC(C)O1. The van der Waals surface area contributed by atoms with E-state index in [4.69, 9.17) is 4.74 Å². The van der Waals surface area contributed by atoms with Crippen LogP contribution in [-0.4, -0.2) is 48.7 Å². The Kier molecular flexibility index (Phi) is 7.41. The Morgan fingerprint density at radius 3 is 2.40 bits per heavy atom. The summed E-state index contributed by atoms with van der Waals surface area (Å²) in [6.07, 6.45) is 0.613. The molecule has 2 aromatic carbocycles. The van der Waals surface area contributed by atoms with E-state index in [2.05, 4.69) is 10.6 Å². The number of benzene rings is 2. The van der Waals surface area contributed by atoms with Gasteiger partial charge in [0.15, 0.2) is 0 Å².